The number of hydrogen-bond acceptors (Lipinski definition) is 4. The molecule has 0 aliphatic heterocycles. The maximum atomic E-state index is 10.6. The third-order valence-electron chi connectivity index (χ3n) is 1.82. The Morgan fingerprint density at radius 3 is 2.64 bits per heavy atom. The van der Waals surface area contributed by atoms with Crippen molar-refractivity contribution in [2.24, 2.45) is 0 Å². The van der Waals surface area contributed by atoms with Gasteiger partial charge in [0.25, 0.3) is 0 Å². The van der Waals surface area contributed by atoms with E-state index in [0.29, 0.717) is 5.03 Å². The van der Waals surface area contributed by atoms with Gasteiger partial charge in [-0.3, -0.25) is 9.78 Å². The lowest BCUT2D eigenvalue weighted by atomic mass is 10.4. The van der Waals surface area contributed by atoms with Crippen LogP contribution in [-0.4, -0.2) is 26.3 Å². The average molecular weight is 212 g/mol. The molecule has 0 bridgehead atoms. The summed E-state index contributed by atoms with van der Waals surface area (Å²) in [6, 6.07) is 0. The Bertz CT molecular complexity index is 355. The fourth-order valence-corrected chi connectivity index (χ4v) is 1.58. The van der Waals surface area contributed by atoms with E-state index in [1.165, 1.54) is 11.8 Å². The summed E-state index contributed by atoms with van der Waals surface area (Å²) < 4.78 is 0. The maximum absolute atomic E-state index is 10.6. The number of thioether (sulfide) groups is 1. The number of aromatic nitrogens is 2. The molecule has 1 aromatic rings. The summed E-state index contributed by atoms with van der Waals surface area (Å²) in [5.74, 6) is -0.838. The molecule has 0 amide bonds. The number of rotatable bonds is 3. The number of carbonyl (C=O) groups is 1. The van der Waals surface area contributed by atoms with Gasteiger partial charge < -0.3 is 5.11 Å². The van der Waals surface area contributed by atoms with Crippen molar-refractivity contribution in [1.29, 1.82) is 0 Å². The van der Waals surface area contributed by atoms with Gasteiger partial charge in [0.1, 0.15) is 10.3 Å². The Balaban J connectivity index is 2.78. The van der Waals surface area contributed by atoms with Crippen molar-refractivity contribution >= 4 is 17.7 Å². The minimum absolute atomic E-state index is 0.494. The minimum Gasteiger partial charge on any atom is -0.480 e. The third-order valence-corrected chi connectivity index (χ3v) is 2.81. The van der Waals surface area contributed by atoms with E-state index in [1.807, 2.05) is 13.8 Å². The molecule has 0 aliphatic rings. The summed E-state index contributed by atoms with van der Waals surface area (Å²) in [7, 11) is 0. The van der Waals surface area contributed by atoms with Gasteiger partial charge in [0.15, 0.2) is 0 Å². The van der Waals surface area contributed by atoms with Crippen molar-refractivity contribution in [3.8, 4) is 0 Å². The SMILES string of the molecule is Cc1ncc(SC(C)C(=O)O)nc1C. The Labute approximate surface area is 86.8 Å². The van der Waals surface area contributed by atoms with Crippen LogP contribution in [0.2, 0.25) is 0 Å². The zero-order valence-corrected chi connectivity index (χ0v) is 9.13. The summed E-state index contributed by atoms with van der Waals surface area (Å²) in [5, 5.41) is 8.86. The first kappa shape index (κ1) is 11.0. The number of hydrogen-bond donors (Lipinski definition) is 1. The molecule has 1 atom stereocenters. The van der Waals surface area contributed by atoms with Gasteiger partial charge in [-0.25, -0.2) is 4.98 Å². The van der Waals surface area contributed by atoms with Crippen LogP contribution in [0.3, 0.4) is 0 Å². The number of aryl methyl sites for hydroxylation is 2. The van der Waals surface area contributed by atoms with E-state index in [0.717, 1.165) is 11.4 Å². The molecule has 1 unspecified atom stereocenters. The number of carboxylic acids is 1. The first-order valence-electron chi connectivity index (χ1n) is 4.20. The second-order valence-electron chi connectivity index (χ2n) is 2.98. The summed E-state index contributed by atoms with van der Waals surface area (Å²) in [6.45, 7) is 5.36. The number of nitrogens with zero attached hydrogens (tertiary/aromatic N) is 2. The highest BCUT2D eigenvalue weighted by molar-refractivity contribution is 8.00. The van der Waals surface area contributed by atoms with Crippen molar-refractivity contribution in [3.05, 3.63) is 17.6 Å². The monoisotopic (exact) mass is 212 g/mol. The van der Waals surface area contributed by atoms with E-state index in [2.05, 4.69) is 9.97 Å². The molecule has 0 radical (unpaired) electrons. The standard InChI is InChI=1S/C9H12N2O2S/c1-5-6(2)11-8(4-10-5)14-7(3)9(12)13/h4,7H,1-3H3,(H,12,13). The van der Waals surface area contributed by atoms with E-state index in [4.69, 9.17) is 5.11 Å². The Morgan fingerprint density at radius 1 is 1.50 bits per heavy atom. The van der Waals surface area contributed by atoms with E-state index >= 15 is 0 Å². The van der Waals surface area contributed by atoms with E-state index < -0.39 is 11.2 Å². The molecule has 76 valence electrons. The first-order valence-corrected chi connectivity index (χ1v) is 5.08. The van der Waals surface area contributed by atoms with Crippen LogP contribution in [-0.2, 0) is 4.79 Å². The highest BCUT2D eigenvalue weighted by atomic mass is 32.2. The second-order valence-corrected chi connectivity index (χ2v) is 4.34. The summed E-state index contributed by atoms with van der Waals surface area (Å²) in [4.78, 5) is 18.9. The van der Waals surface area contributed by atoms with Crippen molar-refractivity contribution in [3.63, 3.8) is 0 Å². The predicted molar refractivity (Wildman–Crippen MR) is 54.5 cm³/mol. The van der Waals surface area contributed by atoms with Crippen LogP contribution >= 0.6 is 11.8 Å². The molecular formula is C9H12N2O2S. The van der Waals surface area contributed by atoms with Crippen molar-refractivity contribution in [2.75, 3.05) is 0 Å². The zero-order valence-electron chi connectivity index (χ0n) is 8.31. The van der Waals surface area contributed by atoms with Crippen LogP contribution in [0.5, 0.6) is 0 Å². The molecule has 0 fully saturated rings. The fraction of sp³-hybridized carbons (Fsp3) is 0.444. The van der Waals surface area contributed by atoms with Gasteiger partial charge in [0.05, 0.1) is 17.6 Å². The largest absolute Gasteiger partial charge is 0.480 e. The Hall–Kier alpha value is -1.10. The normalized spacial score (nSPS) is 12.5. The van der Waals surface area contributed by atoms with Crippen LogP contribution in [0, 0.1) is 13.8 Å². The van der Waals surface area contributed by atoms with Crippen molar-refractivity contribution in [2.45, 2.75) is 31.0 Å². The van der Waals surface area contributed by atoms with E-state index in [1.54, 1.807) is 13.1 Å². The summed E-state index contributed by atoms with van der Waals surface area (Å²) in [6.07, 6.45) is 1.60. The molecule has 4 nitrogen and oxygen atoms in total. The van der Waals surface area contributed by atoms with Crippen LogP contribution in [0.25, 0.3) is 0 Å². The molecular weight excluding hydrogens is 200 g/mol. The molecule has 5 heteroatoms. The van der Waals surface area contributed by atoms with Gasteiger partial charge in [-0.05, 0) is 20.8 Å². The first-order chi connectivity index (χ1) is 6.50. The van der Waals surface area contributed by atoms with Crippen LogP contribution < -0.4 is 0 Å². The Kier molecular flexibility index (Phi) is 3.46. The highest BCUT2D eigenvalue weighted by Gasteiger charge is 2.13. The van der Waals surface area contributed by atoms with E-state index in [-0.39, 0.29) is 0 Å². The number of aliphatic carboxylic acids is 1. The molecule has 14 heavy (non-hydrogen) atoms. The van der Waals surface area contributed by atoms with Gasteiger partial charge in [0, 0.05) is 0 Å². The highest BCUT2D eigenvalue weighted by Crippen LogP contribution is 2.20. The van der Waals surface area contributed by atoms with Crippen LogP contribution in [0.1, 0.15) is 18.3 Å². The molecule has 1 aromatic heterocycles. The summed E-state index contributed by atoms with van der Waals surface area (Å²) >= 11 is 1.20. The maximum Gasteiger partial charge on any atom is 0.316 e. The fourth-order valence-electron chi connectivity index (χ4n) is 0.809. The molecule has 0 saturated heterocycles. The summed E-state index contributed by atoms with van der Waals surface area (Å²) in [5.41, 5.74) is 1.71. The second kappa shape index (κ2) is 4.41. The molecule has 0 aromatic carbocycles. The minimum atomic E-state index is -0.838. The Morgan fingerprint density at radius 2 is 2.14 bits per heavy atom. The van der Waals surface area contributed by atoms with Crippen LogP contribution in [0.15, 0.2) is 11.2 Å². The molecule has 0 saturated carbocycles. The molecule has 1 rings (SSSR count). The van der Waals surface area contributed by atoms with Gasteiger partial charge in [0.2, 0.25) is 0 Å². The van der Waals surface area contributed by atoms with Gasteiger partial charge in [-0.15, -0.1) is 0 Å². The van der Waals surface area contributed by atoms with Crippen molar-refractivity contribution < 1.29 is 9.90 Å². The molecule has 1 heterocycles. The number of carboxylic acid groups (broad SMARTS) is 1. The molecule has 0 aliphatic carbocycles. The lowest BCUT2D eigenvalue weighted by molar-refractivity contribution is -0.136. The quantitative estimate of drug-likeness (QED) is 0.772. The lowest BCUT2D eigenvalue weighted by Gasteiger charge is -2.06. The topological polar surface area (TPSA) is 63.1 Å². The third kappa shape index (κ3) is 2.70. The smallest absolute Gasteiger partial charge is 0.316 e. The zero-order chi connectivity index (χ0) is 10.7. The molecule has 0 spiro atoms. The van der Waals surface area contributed by atoms with Gasteiger partial charge in [-0.1, -0.05) is 11.8 Å². The van der Waals surface area contributed by atoms with E-state index in [9.17, 15) is 4.79 Å². The van der Waals surface area contributed by atoms with Gasteiger partial charge >= 0.3 is 5.97 Å². The molecule has 1 N–H and O–H groups in total. The van der Waals surface area contributed by atoms with Crippen LogP contribution in [0.4, 0.5) is 0 Å². The predicted octanol–water partition coefficient (Wildman–Crippen LogP) is 1.66. The van der Waals surface area contributed by atoms with Gasteiger partial charge in [-0.2, -0.15) is 0 Å². The lowest BCUT2D eigenvalue weighted by Crippen LogP contribution is -2.11. The average Bonchev–Trinajstić information content (AvgIpc) is 2.11. The van der Waals surface area contributed by atoms with Crippen molar-refractivity contribution in [1.82, 2.24) is 9.97 Å².